The fraction of sp³-hybridized carbons (Fsp3) is 0.727. The largest absolute Gasteiger partial charge is 0.466 e. The van der Waals surface area contributed by atoms with Gasteiger partial charge in [-0.15, -0.1) is 0 Å². The van der Waals surface area contributed by atoms with Crippen LogP contribution in [0.15, 0.2) is 12.7 Å². The zero-order valence-corrected chi connectivity index (χ0v) is 10.3. The van der Waals surface area contributed by atoms with E-state index in [4.69, 9.17) is 0 Å². The minimum absolute atomic E-state index is 0.291. The van der Waals surface area contributed by atoms with Gasteiger partial charge in [0, 0.05) is 18.9 Å². The van der Waals surface area contributed by atoms with Crippen molar-refractivity contribution in [1.29, 1.82) is 0 Å². The fourth-order valence-electron chi connectivity index (χ4n) is 1.24. The molecule has 2 nitrogen and oxygen atoms in total. The number of ether oxygens (including phenoxy) is 1. The van der Waals surface area contributed by atoms with Crippen LogP contribution in [-0.2, 0) is 9.53 Å². The second kappa shape index (κ2) is 6.94. The molecule has 0 saturated carbocycles. The van der Waals surface area contributed by atoms with Gasteiger partial charge >= 0.3 is 24.2 Å². The van der Waals surface area contributed by atoms with Crippen molar-refractivity contribution in [1.82, 2.24) is 0 Å². The van der Waals surface area contributed by atoms with E-state index in [0.717, 1.165) is 0 Å². The van der Waals surface area contributed by atoms with E-state index in [0.29, 0.717) is 6.08 Å². The second-order valence-electron chi connectivity index (χ2n) is 4.02. The van der Waals surface area contributed by atoms with Crippen molar-refractivity contribution < 1.29 is 40.3 Å². The monoisotopic (exact) mass is 310 g/mol. The summed E-state index contributed by atoms with van der Waals surface area (Å²) < 4.78 is 90.5. The molecule has 20 heavy (non-hydrogen) atoms. The Balaban J connectivity index is 4.23. The van der Waals surface area contributed by atoms with E-state index in [2.05, 4.69) is 11.3 Å². The van der Waals surface area contributed by atoms with Crippen molar-refractivity contribution in [2.75, 3.05) is 0 Å². The highest BCUT2D eigenvalue weighted by molar-refractivity contribution is 5.81. The number of hydrogen-bond acceptors (Lipinski definition) is 2. The summed E-state index contributed by atoms with van der Waals surface area (Å²) in [5.74, 6) is -6.36. The molecule has 0 bridgehead atoms. The number of hydrogen-bond donors (Lipinski definition) is 0. The molecule has 0 amide bonds. The lowest BCUT2D eigenvalue weighted by molar-refractivity contribution is -0.330. The highest BCUT2D eigenvalue weighted by atomic mass is 19.4. The average Bonchev–Trinajstić information content (AvgIpc) is 2.25. The number of esters is 1. The molecule has 0 aliphatic heterocycles. The number of carbonyl (C=O) groups excluding carboxylic acids is 1. The molecule has 0 N–H and O–H groups in total. The molecule has 0 aromatic heterocycles. The summed E-state index contributed by atoms with van der Waals surface area (Å²) >= 11 is 0. The van der Waals surface area contributed by atoms with Crippen LogP contribution in [0.4, 0.5) is 30.7 Å². The SMILES string of the molecule is C=CC(=O)OC(F)(F)C(F)(F)CCCCCC(F)(F)F. The number of unbranched alkanes of at least 4 members (excludes halogenated alkanes) is 2. The predicted octanol–water partition coefficient (Wildman–Crippen LogP) is 4.46. The van der Waals surface area contributed by atoms with E-state index in [1.807, 2.05) is 0 Å². The molecule has 0 radical (unpaired) electrons. The molecule has 0 atom stereocenters. The summed E-state index contributed by atoms with van der Waals surface area (Å²) in [4.78, 5) is 10.5. The first-order chi connectivity index (χ1) is 8.91. The summed E-state index contributed by atoms with van der Waals surface area (Å²) in [7, 11) is 0. The van der Waals surface area contributed by atoms with Gasteiger partial charge in [-0.25, -0.2) is 4.79 Å². The van der Waals surface area contributed by atoms with Crippen LogP contribution in [0.2, 0.25) is 0 Å². The Hall–Kier alpha value is -1.28. The van der Waals surface area contributed by atoms with Gasteiger partial charge < -0.3 is 4.74 Å². The van der Waals surface area contributed by atoms with Gasteiger partial charge in [-0.2, -0.15) is 30.7 Å². The van der Waals surface area contributed by atoms with Crippen molar-refractivity contribution in [2.24, 2.45) is 0 Å². The maximum absolute atomic E-state index is 13.1. The molecule has 0 fully saturated rings. The Kier molecular flexibility index (Phi) is 6.49. The van der Waals surface area contributed by atoms with Crippen LogP contribution in [0.5, 0.6) is 0 Å². The predicted molar refractivity (Wildman–Crippen MR) is 55.3 cm³/mol. The van der Waals surface area contributed by atoms with Gasteiger partial charge in [0.05, 0.1) is 0 Å². The number of carbonyl (C=O) groups is 1. The maximum Gasteiger partial charge on any atom is 0.466 e. The third-order valence-corrected chi connectivity index (χ3v) is 2.27. The molecular weight excluding hydrogens is 297 g/mol. The van der Waals surface area contributed by atoms with E-state index >= 15 is 0 Å². The Morgan fingerprint density at radius 1 is 0.950 bits per heavy atom. The van der Waals surface area contributed by atoms with Gasteiger partial charge in [0.25, 0.3) is 0 Å². The lowest BCUT2D eigenvalue weighted by atomic mass is 10.1. The van der Waals surface area contributed by atoms with Gasteiger partial charge in [0.2, 0.25) is 0 Å². The van der Waals surface area contributed by atoms with Crippen LogP contribution in [-0.4, -0.2) is 24.2 Å². The molecule has 0 unspecified atom stereocenters. The first-order valence-electron chi connectivity index (χ1n) is 5.59. The molecule has 0 aliphatic carbocycles. The molecule has 0 heterocycles. The van der Waals surface area contributed by atoms with E-state index in [1.54, 1.807) is 0 Å². The number of halogens is 7. The van der Waals surface area contributed by atoms with Crippen LogP contribution < -0.4 is 0 Å². The fourth-order valence-corrected chi connectivity index (χ4v) is 1.24. The highest BCUT2D eigenvalue weighted by Gasteiger charge is 2.59. The molecule has 0 rings (SSSR count). The van der Waals surface area contributed by atoms with E-state index in [-0.39, 0.29) is 6.42 Å². The van der Waals surface area contributed by atoms with Crippen LogP contribution in [0.25, 0.3) is 0 Å². The minimum Gasteiger partial charge on any atom is -0.393 e. The molecule has 0 spiro atoms. The summed E-state index contributed by atoms with van der Waals surface area (Å²) in [5, 5.41) is 0. The van der Waals surface area contributed by atoms with Crippen molar-refractivity contribution in [3.8, 4) is 0 Å². The molecular formula is C11H13F7O2. The van der Waals surface area contributed by atoms with Crippen LogP contribution in [0.1, 0.15) is 32.1 Å². The lowest BCUT2D eigenvalue weighted by Crippen LogP contribution is -2.44. The van der Waals surface area contributed by atoms with E-state index in [1.165, 1.54) is 0 Å². The minimum atomic E-state index is -5.03. The quantitative estimate of drug-likeness (QED) is 0.286. The first kappa shape index (κ1) is 18.7. The normalized spacial score (nSPS) is 13.2. The molecule has 0 aromatic carbocycles. The summed E-state index contributed by atoms with van der Waals surface area (Å²) in [5.41, 5.74) is 0. The Labute approximate surface area is 110 Å². The molecule has 0 aromatic rings. The summed E-state index contributed by atoms with van der Waals surface area (Å²) in [6.07, 6.45) is -13.0. The number of alkyl halides is 7. The Bertz CT molecular complexity index is 336. The molecule has 9 heteroatoms. The lowest BCUT2D eigenvalue weighted by Gasteiger charge is -2.25. The van der Waals surface area contributed by atoms with Gasteiger partial charge in [0.15, 0.2) is 0 Å². The molecule has 0 aliphatic rings. The summed E-state index contributed by atoms with van der Waals surface area (Å²) in [6, 6.07) is 0. The third-order valence-electron chi connectivity index (χ3n) is 2.27. The Morgan fingerprint density at radius 3 is 1.90 bits per heavy atom. The molecule has 0 saturated heterocycles. The van der Waals surface area contributed by atoms with Crippen molar-refractivity contribution >= 4 is 5.97 Å². The maximum atomic E-state index is 13.1. The number of rotatable bonds is 8. The smallest absolute Gasteiger partial charge is 0.393 e. The highest BCUT2D eigenvalue weighted by Crippen LogP contribution is 2.39. The van der Waals surface area contributed by atoms with Crippen LogP contribution in [0, 0.1) is 0 Å². The van der Waals surface area contributed by atoms with E-state index in [9.17, 15) is 35.5 Å². The third kappa shape index (κ3) is 6.76. The van der Waals surface area contributed by atoms with Crippen molar-refractivity contribution in [3.05, 3.63) is 12.7 Å². The van der Waals surface area contributed by atoms with Gasteiger partial charge in [-0.3, -0.25) is 0 Å². The van der Waals surface area contributed by atoms with Gasteiger partial charge in [0.1, 0.15) is 0 Å². The van der Waals surface area contributed by atoms with Gasteiger partial charge in [-0.05, 0) is 12.8 Å². The zero-order valence-electron chi connectivity index (χ0n) is 10.3. The zero-order chi connectivity index (χ0) is 16.0. The van der Waals surface area contributed by atoms with E-state index < -0.39 is 49.9 Å². The Morgan fingerprint density at radius 2 is 1.45 bits per heavy atom. The topological polar surface area (TPSA) is 26.3 Å². The van der Waals surface area contributed by atoms with Gasteiger partial charge in [-0.1, -0.05) is 13.0 Å². The standard InChI is InChI=1S/C11H13F7O2/c1-2-8(19)20-11(17,18)9(12,13)6-4-3-5-7-10(14,15)16/h2H,1,3-7H2. The van der Waals surface area contributed by atoms with Crippen LogP contribution in [0.3, 0.4) is 0 Å². The van der Waals surface area contributed by atoms with Crippen molar-refractivity contribution in [2.45, 2.75) is 50.3 Å². The molecule has 118 valence electrons. The first-order valence-corrected chi connectivity index (χ1v) is 5.59. The average molecular weight is 310 g/mol. The van der Waals surface area contributed by atoms with Crippen LogP contribution >= 0.6 is 0 Å². The second-order valence-corrected chi connectivity index (χ2v) is 4.02. The van der Waals surface area contributed by atoms with Crippen molar-refractivity contribution in [3.63, 3.8) is 0 Å². The summed E-state index contributed by atoms with van der Waals surface area (Å²) in [6.45, 7) is 2.78.